The zero-order valence-corrected chi connectivity index (χ0v) is 16.7. The number of fused-ring (bicyclic) bond motifs is 1. The number of nitrogens with one attached hydrogen (secondary N) is 1. The molecule has 144 valence electrons. The summed E-state index contributed by atoms with van der Waals surface area (Å²) in [5.74, 6) is 1.87. The summed E-state index contributed by atoms with van der Waals surface area (Å²) in [6.45, 7) is 6.97. The third-order valence-electron chi connectivity index (χ3n) is 5.70. The Hall–Kier alpha value is -2.95. The van der Waals surface area contributed by atoms with Crippen LogP contribution in [-0.4, -0.2) is 20.7 Å². The van der Waals surface area contributed by atoms with E-state index in [1.54, 1.807) is 0 Å². The van der Waals surface area contributed by atoms with Crippen LogP contribution in [0.5, 0.6) is 0 Å². The second-order valence-corrected chi connectivity index (χ2v) is 7.63. The van der Waals surface area contributed by atoms with Crippen LogP contribution in [0.3, 0.4) is 0 Å². The molecular weight excluding hydrogens is 348 g/mol. The van der Waals surface area contributed by atoms with Crippen molar-refractivity contribution in [1.29, 1.82) is 0 Å². The van der Waals surface area contributed by atoms with E-state index in [2.05, 4.69) is 26.1 Å². The molecule has 1 aromatic heterocycles. The van der Waals surface area contributed by atoms with Gasteiger partial charge in [-0.05, 0) is 62.4 Å². The van der Waals surface area contributed by atoms with Gasteiger partial charge in [0.05, 0.1) is 0 Å². The molecule has 1 N–H and O–H groups in total. The van der Waals surface area contributed by atoms with Crippen molar-refractivity contribution in [3.05, 3.63) is 64.5 Å². The van der Waals surface area contributed by atoms with E-state index < -0.39 is 0 Å². The maximum atomic E-state index is 12.9. The van der Waals surface area contributed by atoms with Gasteiger partial charge in [0.2, 0.25) is 0 Å². The minimum Gasteiger partial charge on any atom is -0.322 e. The van der Waals surface area contributed by atoms with E-state index in [-0.39, 0.29) is 5.91 Å². The second-order valence-electron chi connectivity index (χ2n) is 7.63. The number of carbonyl (C=O) groups is 1. The minimum absolute atomic E-state index is 0.0819. The van der Waals surface area contributed by atoms with Crippen molar-refractivity contribution < 1.29 is 4.79 Å². The standard InChI is InChI=1S/C23H26N4O/c1-15-8-7-9-19(17(15)3)23(28)24-20-14-18(12-11-16(20)2)22-26-25-21-10-5-4-6-13-27(21)22/h7-9,11-12,14H,4-6,10,13H2,1-3H3,(H,24,28). The van der Waals surface area contributed by atoms with Gasteiger partial charge in [0, 0.05) is 29.8 Å². The smallest absolute Gasteiger partial charge is 0.255 e. The molecule has 0 fully saturated rings. The van der Waals surface area contributed by atoms with Crippen LogP contribution in [0.1, 0.15) is 52.1 Å². The maximum Gasteiger partial charge on any atom is 0.255 e. The van der Waals surface area contributed by atoms with Crippen molar-refractivity contribution in [1.82, 2.24) is 14.8 Å². The highest BCUT2D eigenvalue weighted by Gasteiger charge is 2.17. The van der Waals surface area contributed by atoms with Crippen molar-refractivity contribution in [3.8, 4) is 11.4 Å². The van der Waals surface area contributed by atoms with Gasteiger partial charge in [-0.3, -0.25) is 4.79 Å². The molecule has 1 aliphatic heterocycles. The average molecular weight is 374 g/mol. The number of rotatable bonds is 3. The van der Waals surface area contributed by atoms with Crippen LogP contribution >= 0.6 is 0 Å². The van der Waals surface area contributed by atoms with E-state index in [1.165, 1.54) is 12.8 Å². The van der Waals surface area contributed by atoms with Crippen LogP contribution in [0.2, 0.25) is 0 Å². The summed E-state index contributed by atoms with van der Waals surface area (Å²) in [6.07, 6.45) is 4.53. The first-order valence-corrected chi connectivity index (χ1v) is 9.95. The molecule has 1 amide bonds. The normalized spacial score (nSPS) is 13.7. The first-order chi connectivity index (χ1) is 13.5. The molecule has 0 spiro atoms. The van der Waals surface area contributed by atoms with Crippen LogP contribution < -0.4 is 5.32 Å². The van der Waals surface area contributed by atoms with Crippen LogP contribution in [0.25, 0.3) is 11.4 Å². The van der Waals surface area contributed by atoms with Gasteiger partial charge in [-0.1, -0.05) is 30.7 Å². The molecular formula is C23H26N4O. The van der Waals surface area contributed by atoms with Crippen LogP contribution in [0.15, 0.2) is 36.4 Å². The van der Waals surface area contributed by atoms with Crippen LogP contribution in [-0.2, 0) is 13.0 Å². The van der Waals surface area contributed by atoms with Gasteiger partial charge in [0.25, 0.3) is 5.91 Å². The molecule has 2 heterocycles. The SMILES string of the molecule is Cc1ccc(-c2nnc3n2CCCCC3)cc1NC(=O)c1cccc(C)c1C. The van der Waals surface area contributed by atoms with Crippen molar-refractivity contribution in [3.63, 3.8) is 0 Å². The van der Waals surface area contributed by atoms with E-state index in [0.717, 1.165) is 59.0 Å². The molecule has 0 aliphatic carbocycles. The second kappa shape index (κ2) is 7.58. The first-order valence-electron chi connectivity index (χ1n) is 9.95. The Morgan fingerprint density at radius 1 is 1.00 bits per heavy atom. The minimum atomic E-state index is -0.0819. The number of anilines is 1. The molecule has 5 heteroatoms. The molecule has 3 aromatic rings. The summed E-state index contributed by atoms with van der Waals surface area (Å²) in [5, 5.41) is 11.9. The monoisotopic (exact) mass is 374 g/mol. The highest BCUT2D eigenvalue weighted by Crippen LogP contribution is 2.27. The number of aromatic nitrogens is 3. The van der Waals surface area contributed by atoms with Gasteiger partial charge in [-0.15, -0.1) is 10.2 Å². The van der Waals surface area contributed by atoms with Gasteiger partial charge < -0.3 is 9.88 Å². The van der Waals surface area contributed by atoms with Gasteiger partial charge >= 0.3 is 0 Å². The van der Waals surface area contributed by atoms with E-state index >= 15 is 0 Å². The van der Waals surface area contributed by atoms with Crippen molar-refractivity contribution in [2.75, 3.05) is 5.32 Å². The Morgan fingerprint density at radius 3 is 2.71 bits per heavy atom. The number of carbonyl (C=O) groups excluding carboxylic acids is 1. The van der Waals surface area contributed by atoms with Gasteiger partial charge in [0.1, 0.15) is 5.82 Å². The number of nitrogens with zero attached hydrogens (tertiary/aromatic N) is 3. The lowest BCUT2D eigenvalue weighted by Crippen LogP contribution is -2.15. The number of benzene rings is 2. The highest BCUT2D eigenvalue weighted by molar-refractivity contribution is 6.06. The van der Waals surface area contributed by atoms with E-state index in [1.807, 2.05) is 51.1 Å². The summed E-state index contributed by atoms with van der Waals surface area (Å²) in [6, 6.07) is 11.9. The highest BCUT2D eigenvalue weighted by atomic mass is 16.1. The summed E-state index contributed by atoms with van der Waals surface area (Å²) in [5.41, 5.74) is 5.66. The number of aryl methyl sites for hydroxylation is 3. The summed E-state index contributed by atoms with van der Waals surface area (Å²) < 4.78 is 2.23. The van der Waals surface area contributed by atoms with Gasteiger partial charge in [0.15, 0.2) is 5.82 Å². The number of hydrogen-bond acceptors (Lipinski definition) is 3. The van der Waals surface area contributed by atoms with Crippen molar-refractivity contribution >= 4 is 11.6 Å². The fourth-order valence-electron chi connectivity index (χ4n) is 3.78. The predicted octanol–water partition coefficient (Wildman–Crippen LogP) is 4.85. The Morgan fingerprint density at radius 2 is 1.86 bits per heavy atom. The molecule has 0 radical (unpaired) electrons. The van der Waals surface area contributed by atoms with Crippen LogP contribution in [0.4, 0.5) is 5.69 Å². The Balaban J connectivity index is 1.66. The fourth-order valence-corrected chi connectivity index (χ4v) is 3.78. The average Bonchev–Trinajstić information content (AvgIpc) is 2.94. The predicted molar refractivity (Wildman–Crippen MR) is 112 cm³/mol. The number of amides is 1. The van der Waals surface area contributed by atoms with Crippen molar-refractivity contribution in [2.45, 2.75) is 53.0 Å². The molecule has 0 unspecified atom stereocenters. The third kappa shape index (κ3) is 3.44. The summed E-state index contributed by atoms with van der Waals surface area (Å²) in [4.78, 5) is 12.9. The lowest BCUT2D eigenvalue weighted by atomic mass is 10.0. The largest absolute Gasteiger partial charge is 0.322 e. The first kappa shape index (κ1) is 18.4. The quantitative estimate of drug-likeness (QED) is 0.713. The van der Waals surface area contributed by atoms with E-state index in [0.29, 0.717) is 5.56 Å². The Bertz CT molecular complexity index is 1040. The lowest BCUT2D eigenvalue weighted by Gasteiger charge is -2.13. The fraction of sp³-hybridized carbons (Fsp3) is 0.348. The molecule has 4 rings (SSSR count). The molecule has 0 saturated carbocycles. The Kier molecular flexibility index (Phi) is 4.99. The zero-order chi connectivity index (χ0) is 19.7. The number of hydrogen-bond donors (Lipinski definition) is 1. The molecule has 0 saturated heterocycles. The Labute approximate surface area is 165 Å². The molecule has 2 aromatic carbocycles. The summed E-state index contributed by atoms with van der Waals surface area (Å²) >= 11 is 0. The third-order valence-corrected chi connectivity index (χ3v) is 5.70. The molecule has 5 nitrogen and oxygen atoms in total. The topological polar surface area (TPSA) is 59.8 Å². The molecule has 0 atom stereocenters. The molecule has 0 bridgehead atoms. The van der Waals surface area contributed by atoms with Gasteiger partial charge in [-0.25, -0.2) is 0 Å². The summed E-state index contributed by atoms with van der Waals surface area (Å²) in [7, 11) is 0. The van der Waals surface area contributed by atoms with E-state index in [9.17, 15) is 4.79 Å². The van der Waals surface area contributed by atoms with Crippen molar-refractivity contribution in [2.24, 2.45) is 0 Å². The molecule has 1 aliphatic rings. The van der Waals surface area contributed by atoms with E-state index in [4.69, 9.17) is 0 Å². The van der Waals surface area contributed by atoms with Crippen LogP contribution in [0, 0.1) is 20.8 Å². The lowest BCUT2D eigenvalue weighted by molar-refractivity contribution is 0.102. The molecule has 28 heavy (non-hydrogen) atoms. The maximum absolute atomic E-state index is 12.9. The zero-order valence-electron chi connectivity index (χ0n) is 16.7. The van der Waals surface area contributed by atoms with Gasteiger partial charge in [-0.2, -0.15) is 0 Å².